The lowest BCUT2D eigenvalue weighted by atomic mass is 10.00. The van der Waals surface area contributed by atoms with Gasteiger partial charge in [-0.1, -0.05) is 6.92 Å². The minimum absolute atomic E-state index is 0.288. The topological polar surface area (TPSA) is 49.2 Å². The highest BCUT2D eigenvalue weighted by molar-refractivity contribution is 7.09. The van der Waals surface area contributed by atoms with Gasteiger partial charge in [0.2, 0.25) is 5.13 Å². The standard InChI is InChI=1S/C10H17N3OS/c1-2-9-11-10(15-12-9)13-5-3-4-8(6-13)7-14/h8,14H,2-7H2,1H3/t8-/m1/s1. The van der Waals surface area contributed by atoms with Crippen LogP contribution in [-0.4, -0.2) is 34.2 Å². The van der Waals surface area contributed by atoms with Crippen LogP contribution < -0.4 is 4.90 Å². The van der Waals surface area contributed by atoms with Gasteiger partial charge in [-0.3, -0.25) is 0 Å². The van der Waals surface area contributed by atoms with E-state index in [0.29, 0.717) is 5.92 Å². The molecular weight excluding hydrogens is 210 g/mol. The summed E-state index contributed by atoms with van der Waals surface area (Å²) < 4.78 is 4.29. The van der Waals surface area contributed by atoms with Crippen molar-refractivity contribution in [1.29, 1.82) is 0 Å². The van der Waals surface area contributed by atoms with Crippen molar-refractivity contribution in [3.8, 4) is 0 Å². The Bertz CT molecular complexity index is 315. The van der Waals surface area contributed by atoms with E-state index in [1.165, 1.54) is 11.5 Å². The number of anilines is 1. The van der Waals surface area contributed by atoms with Gasteiger partial charge in [0.15, 0.2) is 0 Å². The minimum Gasteiger partial charge on any atom is -0.396 e. The third kappa shape index (κ3) is 2.46. The molecular formula is C10H17N3OS. The Hall–Kier alpha value is -0.680. The zero-order valence-electron chi connectivity index (χ0n) is 9.02. The third-order valence-electron chi connectivity index (χ3n) is 2.82. The molecule has 0 bridgehead atoms. The molecule has 4 nitrogen and oxygen atoms in total. The van der Waals surface area contributed by atoms with Crippen LogP contribution >= 0.6 is 11.5 Å². The normalized spacial score (nSPS) is 22.0. The first-order valence-corrected chi connectivity index (χ1v) is 6.29. The first kappa shape index (κ1) is 10.8. The summed E-state index contributed by atoms with van der Waals surface area (Å²) in [7, 11) is 0. The Kier molecular flexibility index (Phi) is 3.53. The first-order chi connectivity index (χ1) is 7.33. The molecule has 1 saturated heterocycles. The van der Waals surface area contributed by atoms with Crippen molar-refractivity contribution in [1.82, 2.24) is 9.36 Å². The van der Waals surface area contributed by atoms with Crippen molar-refractivity contribution in [2.45, 2.75) is 26.2 Å². The number of rotatable bonds is 3. The predicted octanol–water partition coefficient (Wildman–Crippen LogP) is 1.31. The molecule has 0 aliphatic carbocycles. The van der Waals surface area contributed by atoms with Gasteiger partial charge in [0.1, 0.15) is 5.82 Å². The zero-order chi connectivity index (χ0) is 10.7. The smallest absolute Gasteiger partial charge is 0.205 e. The van der Waals surface area contributed by atoms with Gasteiger partial charge in [0, 0.05) is 37.6 Å². The highest BCUT2D eigenvalue weighted by Gasteiger charge is 2.21. The lowest BCUT2D eigenvalue weighted by Gasteiger charge is -2.31. The SMILES string of the molecule is CCc1nsc(N2CCC[C@@H](CO)C2)n1. The highest BCUT2D eigenvalue weighted by atomic mass is 32.1. The Morgan fingerprint density at radius 1 is 1.60 bits per heavy atom. The third-order valence-corrected chi connectivity index (χ3v) is 3.64. The van der Waals surface area contributed by atoms with E-state index in [4.69, 9.17) is 5.11 Å². The van der Waals surface area contributed by atoms with Crippen molar-refractivity contribution in [2.75, 3.05) is 24.6 Å². The maximum atomic E-state index is 9.15. The lowest BCUT2D eigenvalue weighted by molar-refractivity contribution is 0.208. The van der Waals surface area contributed by atoms with E-state index in [1.54, 1.807) is 0 Å². The monoisotopic (exact) mass is 227 g/mol. The van der Waals surface area contributed by atoms with Crippen LogP contribution in [0.1, 0.15) is 25.6 Å². The maximum absolute atomic E-state index is 9.15. The van der Waals surface area contributed by atoms with E-state index >= 15 is 0 Å². The van der Waals surface area contributed by atoms with Gasteiger partial charge < -0.3 is 10.0 Å². The van der Waals surface area contributed by atoms with Crippen LogP contribution in [0, 0.1) is 5.92 Å². The molecule has 0 spiro atoms. The van der Waals surface area contributed by atoms with Gasteiger partial charge in [-0.05, 0) is 18.8 Å². The van der Waals surface area contributed by atoms with Crippen LogP contribution in [0.2, 0.25) is 0 Å². The fourth-order valence-corrected chi connectivity index (χ4v) is 2.69. The van der Waals surface area contributed by atoms with Gasteiger partial charge in [-0.15, -0.1) is 0 Å². The van der Waals surface area contributed by atoms with E-state index in [0.717, 1.165) is 43.3 Å². The molecule has 1 aliphatic rings. The first-order valence-electron chi connectivity index (χ1n) is 5.52. The van der Waals surface area contributed by atoms with Gasteiger partial charge in [0.05, 0.1) is 0 Å². The van der Waals surface area contributed by atoms with E-state index in [-0.39, 0.29) is 6.61 Å². The van der Waals surface area contributed by atoms with E-state index < -0.39 is 0 Å². The molecule has 5 heteroatoms. The summed E-state index contributed by atoms with van der Waals surface area (Å²) in [5.74, 6) is 1.34. The van der Waals surface area contributed by atoms with Gasteiger partial charge >= 0.3 is 0 Å². The van der Waals surface area contributed by atoms with Crippen molar-refractivity contribution < 1.29 is 5.11 Å². The van der Waals surface area contributed by atoms with Crippen molar-refractivity contribution in [2.24, 2.45) is 5.92 Å². The fourth-order valence-electron chi connectivity index (χ4n) is 1.90. The zero-order valence-corrected chi connectivity index (χ0v) is 9.83. The summed E-state index contributed by atoms with van der Waals surface area (Å²) in [5, 5.41) is 10.2. The van der Waals surface area contributed by atoms with Crippen LogP contribution in [0.5, 0.6) is 0 Å². The van der Waals surface area contributed by atoms with Crippen LogP contribution in [0.4, 0.5) is 5.13 Å². The van der Waals surface area contributed by atoms with Gasteiger partial charge in [-0.25, -0.2) is 4.98 Å². The molecule has 1 aromatic rings. The van der Waals surface area contributed by atoms with Crippen LogP contribution in [-0.2, 0) is 6.42 Å². The minimum atomic E-state index is 0.288. The molecule has 0 aromatic carbocycles. The highest BCUT2D eigenvalue weighted by Crippen LogP contribution is 2.24. The van der Waals surface area contributed by atoms with Crippen LogP contribution in [0.25, 0.3) is 0 Å². The summed E-state index contributed by atoms with van der Waals surface area (Å²) in [6, 6.07) is 0. The number of hydrogen-bond donors (Lipinski definition) is 1. The molecule has 0 saturated carbocycles. The molecule has 1 atom stereocenters. The van der Waals surface area contributed by atoms with Crippen LogP contribution in [0.3, 0.4) is 0 Å². The van der Waals surface area contributed by atoms with Crippen LogP contribution in [0.15, 0.2) is 0 Å². The molecule has 84 valence electrons. The number of aryl methyl sites for hydroxylation is 1. The molecule has 0 radical (unpaired) electrons. The van der Waals surface area contributed by atoms with E-state index in [9.17, 15) is 0 Å². The largest absolute Gasteiger partial charge is 0.396 e. The molecule has 1 aromatic heterocycles. The molecule has 15 heavy (non-hydrogen) atoms. The number of piperidine rings is 1. The maximum Gasteiger partial charge on any atom is 0.205 e. The lowest BCUT2D eigenvalue weighted by Crippen LogP contribution is -2.36. The Labute approximate surface area is 94.1 Å². The number of aliphatic hydroxyl groups excluding tert-OH is 1. The van der Waals surface area contributed by atoms with Crippen molar-refractivity contribution in [3.05, 3.63) is 5.82 Å². The average Bonchev–Trinajstić information content (AvgIpc) is 2.78. The number of aliphatic hydroxyl groups is 1. The number of hydrogen-bond acceptors (Lipinski definition) is 5. The quantitative estimate of drug-likeness (QED) is 0.846. The summed E-state index contributed by atoms with van der Waals surface area (Å²) in [6.07, 6.45) is 3.17. The fraction of sp³-hybridized carbons (Fsp3) is 0.800. The van der Waals surface area contributed by atoms with Crippen molar-refractivity contribution >= 4 is 16.7 Å². The Balaban J connectivity index is 2.03. The van der Waals surface area contributed by atoms with E-state index in [1.807, 2.05) is 0 Å². The summed E-state index contributed by atoms with van der Waals surface area (Å²) in [5.41, 5.74) is 0. The number of nitrogens with zero attached hydrogens (tertiary/aromatic N) is 3. The molecule has 1 N–H and O–H groups in total. The Morgan fingerprint density at radius 3 is 3.13 bits per heavy atom. The number of aromatic nitrogens is 2. The summed E-state index contributed by atoms with van der Waals surface area (Å²) in [4.78, 5) is 6.72. The van der Waals surface area contributed by atoms with E-state index in [2.05, 4.69) is 21.2 Å². The van der Waals surface area contributed by atoms with Gasteiger partial charge in [-0.2, -0.15) is 4.37 Å². The molecule has 0 unspecified atom stereocenters. The predicted molar refractivity (Wildman–Crippen MR) is 61.3 cm³/mol. The molecule has 2 rings (SSSR count). The average molecular weight is 227 g/mol. The summed E-state index contributed by atoms with van der Waals surface area (Å²) >= 11 is 1.48. The Morgan fingerprint density at radius 2 is 2.47 bits per heavy atom. The second kappa shape index (κ2) is 4.90. The molecule has 1 fully saturated rings. The molecule has 2 heterocycles. The molecule has 1 aliphatic heterocycles. The second-order valence-electron chi connectivity index (χ2n) is 3.98. The van der Waals surface area contributed by atoms with Gasteiger partial charge in [0.25, 0.3) is 0 Å². The summed E-state index contributed by atoms with van der Waals surface area (Å²) in [6.45, 7) is 4.33. The molecule has 0 amide bonds. The second-order valence-corrected chi connectivity index (χ2v) is 4.71. The van der Waals surface area contributed by atoms with Crippen molar-refractivity contribution in [3.63, 3.8) is 0 Å².